The Morgan fingerprint density at radius 3 is 2.38 bits per heavy atom. The van der Waals surface area contributed by atoms with Gasteiger partial charge >= 0.3 is 5.97 Å². The van der Waals surface area contributed by atoms with Crippen LogP contribution in [-0.2, 0) is 22.0 Å². The van der Waals surface area contributed by atoms with Gasteiger partial charge in [0.25, 0.3) is 0 Å². The molecule has 1 aliphatic carbocycles. The van der Waals surface area contributed by atoms with Crippen LogP contribution >= 0.6 is 0 Å². The monoisotopic (exact) mass is 381 g/mol. The normalized spacial score (nSPS) is 17.2. The van der Waals surface area contributed by atoms with Gasteiger partial charge < -0.3 is 9.30 Å². The maximum Gasteiger partial charge on any atom is 0.325 e. The molecule has 0 saturated carbocycles. The molecular formula is C26H23NO2. The van der Waals surface area contributed by atoms with Crippen LogP contribution < -0.4 is 0 Å². The van der Waals surface area contributed by atoms with Gasteiger partial charge in [0.15, 0.2) is 0 Å². The lowest BCUT2D eigenvalue weighted by Gasteiger charge is -2.29. The number of nitrogens with zero attached hydrogens (tertiary/aromatic N) is 1. The zero-order valence-corrected chi connectivity index (χ0v) is 17.1. The third-order valence-corrected chi connectivity index (χ3v) is 6.28. The van der Waals surface area contributed by atoms with Crippen LogP contribution in [0.2, 0.25) is 0 Å². The predicted octanol–water partition coefficient (Wildman–Crippen LogP) is 5.28. The van der Waals surface area contributed by atoms with E-state index in [2.05, 4.69) is 49.7 Å². The molecule has 1 unspecified atom stereocenters. The first kappa shape index (κ1) is 17.7. The number of fused-ring (bicyclic) bond motifs is 5. The molecule has 0 spiro atoms. The minimum Gasteiger partial charge on any atom is -0.468 e. The average molecular weight is 381 g/mol. The summed E-state index contributed by atoms with van der Waals surface area (Å²) in [6.07, 6.45) is 0. The fourth-order valence-electron chi connectivity index (χ4n) is 5.32. The summed E-state index contributed by atoms with van der Waals surface area (Å²) in [4.78, 5) is 13.7. The number of benzene rings is 3. The lowest BCUT2D eigenvalue weighted by molar-refractivity contribution is -0.144. The summed E-state index contributed by atoms with van der Waals surface area (Å²) < 4.78 is 7.72. The minimum atomic E-state index is -0.984. The predicted molar refractivity (Wildman–Crippen MR) is 116 cm³/mol. The van der Waals surface area contributed by atoms with Gasteiger partial charge in [-0.3, -0.25) is 4.79 Å². The number of hydrogen-bond acceptors (Lipinski definition) is 2. The highest BCUT2D eigenvalue weighted by Crippen LogP contribution is 2.56. The van der Waals surface area contributed by atoms with E-state index >= 15 is 0 Å². The van der Waals surface area contributed by atoms with E-state index in [4.69, 9.17) is 4.74 Å². The maximum atomic E-state index is 13.7. The van der Waals surface area contributed by atoms with Gasteiger partial charge in [-0.05, 0) is 36.6 Å². The van der Waals surface area contributed by atoms with E-state index in [-0.39, 0.29) is 5.97 Å². The van der Waals surface area contributed by atoms with Crippen LogP contribution in [0.15, 0.2) is 66.7 Å². The van der Waals surface area contributed by atoms with Crippen molar-refractivity contribution in [2.45, 2.75) is 19.3 Å². The van der Waals surface area contributed by atoms with E-state index < -0.39 is 5.41 Å². The Balaban J connectivity index is 2.07. The van der Waals surface area contributed by atoms with Crippen LogP contribution in [0.4, 0.5) is 0 Å². The van der Waals surface area contributed by atoms with Crippen molar-refractivity contribution in [3.63, 3.8) is 0 Å². The number of carbonyl (C=O) groups excluding carboxylic acids is 1. The molecule has 5 rings (SSSR count). The minimum absolute atomic E-state index is 0.249. The fraction of sp³-hybridized carbons (Fsp3) is 0.192. The van der Waals surface area contributed by atoms with E-state index in [1.165, 1.54) is 23.8 Å². The molecule has 1 heterocycles. The summed E-state index contributed by atoms with van der Waals surface area (Å²) >= 11 is 0. The molecule has 0 radical (unpaired) electrons. The highest BCUT2D eigenvalue weighted by atomic mass is 16.5. The quantitative estimate of drug-likeness (QED) is 0.442. The van der Waals surface area contributed by atoms with E-state index in [1.54, 1.807) is 0 Å². The second kappa shape index (κ2) is 6.08. The molecule has 1 aliphatic rings. The molecule has 4 aromatic rings. The Bertz CT molecular complexity index is 1280. The number of aromatic nitrogens is 1. The van der Waals surface area contributed by atoms with E-state index in [9.17, 15) is 4.79 Å². The molecule has 0 aliphatic heterocycles. The molecule has 0 amide bonds. The molecule has 0 fully saturated rings. The molecule has 1 aromatic heterocycles. The van der Waals surface area contributed by atoms with Gasteiger partial charge in [-0.1, -0.05) is 66.2 Å². The van der Waals surface area contributed by atoms with Gasteiger partial charge in [0.1, 0.15) is 5.41 Å². The van der Waals surface area contributed by atoms with Crippen molar-refractivity contribution >= 4 is 16.9 Å². The number of methoxy groups -OCH3 is 1. The number of aryl methyl sites for hydroxylation is 3. The first-order valence-corrected chi connectivity index (χ1v) is 9.85. The topological polar surface area (TPSA) is 31.2 Å². The molecule has 3 heteroatoms. The summed E-state index contributed by atoms with van der Waals surface area (Å²) in [6.45, 7) is 4.25. The third-order valence-electron chi connectivity index (χ3n) is 6.28. The second-order valence-electron chi connectivity index (χ2n) is 7.91. The fourth-order valence-corrected chi connectivity index (χ4v) is 5.32. The van der Waals surface area contributed by atoms with Crippen molar-refractivity contribution in [2.75, 3.05) is 7.11 Å². The summed E-state index contributed by atoms with van der Waals surface area (Å²) in [5.74, 6) is -0.249. The Hall–Kier alpha value is -3.33. The molecule has 3 nitrogen and oxygen atoms in total. The zero-order valence-electron chi connectivity index (χ0n) is 17.1. The molecule has 0 bridgehead atoms. The molecule has 0 N–H and O–H groups in total. The van der Waals surface area contributed by atoms with E-state index in [0.717, 1.165) is 33.3 Å². The van der Waals surface area contributed by atoms with Crippen molar-refractivity contribution in [1.29, 1.82) is 0 Å². The summed E-state index contributed by atoms with van der Waals surface area (Å²) in [6, 6.07) is 22.6. The number of ether oxygens (including phenoxy) is 1. The lowest BCUT2D eigenvalue weighted by atomic mass is 9.72. The summed E-state index contributed by atoms with van der Waals surface area (Å²) in [7, 11) is 3.58. The molecule has 1 atom stereocenters. The number of rotatable bonds is 2. The number of hydrogen-bond donors (Lipinski definition) is 0. The first-order valence-electron chi connectivity index (χ1n) is 9.85. The van der Waals surface area contributed by atoms with Crippen LogP contribution in [0.1, 0.15) is 27.8 Å². The van der Waals surface area contributed by atoms with Crippen molar-refractivity contribution < 1.29 is 9.53 Å². The molecular weight excluding hydrogens is 358 g/mol. The van der Waals surface area contributed by atoms with Crippen LogP contribution in [0.25, 0.3) is 22.2 Å². The zero-order chi connectivity index (χ0) is 20.3. The van der Waals surface area contributed by atoms with Gasteiger partial charge in [-0.2, -0.15) is 0 Å². The Morgan fingerprint density at radius 1 is 0.966 bits per heavy atom. The maximum absolute atomic E-state index is 13.7. The van der Waals surface area contributed by atoms with Gasteiger partial charge in [0, 0.05) is 23.6 Å². The van der Waals surface area contributed by atoms with E-state index in [1.807, 2.05) is 42.5 Å². The van der Waals surface area contributed by atoms with Gasteiger partial charge in [0.2, 0.25) is 0 Å². The molecule has 0 saturated heterocycles. The number of carbonyl (C=O) groups is 1. The summed E-state index contributed by atoms with van der Waals surface area (Å²) in [5.41, 5.74) is 7.71. The molecule has 3 aromatic carbocycles. The second-order valence-corrected chi connectivity index (χ2v) is 7.91. The van der Waals surface area contributed by atoms with Crippen molar-refractivity contribution in [3.8, 4) is 11.3 Å². The van der Waals surface area contributed by atoms with Crippen LogP contribution in [0.3, 0.4) is 0 Å². The van der Waals surface area contributed by atoms with Crippen LogP contribution in [0.5, 0.6) is 0 Å². The lowest BCUT2D eigenvalue weighted by Crippen LogP contribution is -2.37. The van der Waals surface area contributed by atoms with Gasteiger partial charge in [-0.25, -0.2) is 0 Å². The van der Waals surface area contributed by atoms with Crippen molar-refractivity contribution in [3.05, 3.63) is 94.5 Å². The van der Waals surface area contributed by atoms with Crippen molar-refractivity contribution in [2.24, 2.45) is 7.05 Å². The Morgan fingerprint density at radius 2 is 1.66 bits per heavy atom. The Labute approximate surface area is 170 Å². The average Bonchev–Trinajstić information content (AvgIpc) is 3.20. The summed E-state index contributed by atoms with van der Waals surface area (Å²) in [5, 5.41) is 1.12. The van der Waals surface area contributed by atoms with Gasteiger partial charge in [0.05, 0.1) is 18.3 Å². The molecule has 29 heavy (non-hydrogen) atoms. The highest BCUT2D eigenvalue weighted by Gasteiger charge is 2.54. The molecule has 144 valence electrons. The van der Waals surface area contributed by atoms with Crippen molar-refractivity contribution in [1.82, 2.24) is 4.57 Å². The SMILES string of the molecule is COC(=O)C1(c2ccccc2)c2ccccc2-c2c1c1cc(C)cc(C)c1n2C. The van der Waals surface area contributed by atoms with Crippen LogP contribution in [0, 0.1) is 13.8 Å². The number of esters is 1. The standard InChI is InChI=1S/C26H23NO2/c1-16-14-17(2)23-20(15-16)22-24(27(23)3)19-12-8-9-13-21(19)26(22,25(28)29-4)18-10-6-5-7-11-18/h5-15H,1-4H3. The third kappa shape index (κ3) is 2.10. The van der Waals surface area contributed by atoms with Gasteiger partial charge in [-0.15, -0.1) is 0 Å². The van der Waals surface area contributed by atoms with Crippen LogP contribution in [-0.4, -0.2) is 17.6 Å². The first-order chi connectivity index (χ1) is 14.0. The Kier molecular flexibility index (Phi) is 3.72. The smallest absolute Gasteiger partial charge is 0.325 e. The largest absolute Gasteiger partial charge is 0.468 e. The highest BCUT2D eigenvalue weighted by molar-refractivity contribution is 6.09. The van der Waals surface area contributed by atoms with E-state index in [0.29, 0.717) is 0 Å².